The van der Waals surface area contributed by atoms with Crippen LogP contribution >= 0.6 is 35.2 Å². The van der Waals surface area contributed by atoms with Crippen LogP contribution in [0.25, 0.3) is 10.1 Å². The minimum absolute atomic E-state index is 0.102. The van der Waals surface area contributed by atoms with Gasteiger partial charge in [-0.05, 0) is 42.5 Å². The van der Waals surface area contributed by atoms with Crippen molar-refractivity contribution < 1.29 is 19.2 Å². The molecule has 3 aromatic rings. The van der Waals surface area contributed by atoms with Gasteiger partial charge in [-0.15, -0.1) is 11.3 Å². The van der Waals surface area contributed by atoms with Crippen LogP contribution in [0.2, 0.25) is 5.02 Å². The van der Waals surface area contributed by atoms with Gasteiger partial charge in [0, 0.05) is 10.1 Å². The summed E-state index contributed by atoms with van der Waals surface area (Å²) in [5.74, 6) is 0.444. The second-order valence-corrected chi connectivity index (χ2v) is 7.49. The molecule has 0 saturated heterocycles. The van der Waals surface area contributed by atoms with Crippen LogP contribution < -0.4 is 20.1 Å². The molecule has 1 heterocycles. The molecule has 29 heavy (non-hydrogen) atoms. The van der Waals surface area contributed by atoms with E-state index >= 15 is 0 Å². The van der Waals surface area contributed by atoms with E-state index in [1.54, 1.807) is 25.3 Å². The molecule has 150 valence electrons. The van der Waals surface area contributed by atoms with Gasteiger partial charge in [0.15, 0.2) is 5.11 Å². The van der Waals surface area contributed by atoms with E-state index in [0.29, 0.717) is 21.9 Å². The summed E-state index contributed by atoms with van der Waals surface area (Å²) in [6, 6.07) is 9.52. The summed E-state index contributed by atoms with van der Waals surface area (Å²) < 4.78 is 10.9. The minimum Gasteiger partial charge on any atom is -0.497 e. The predicted octanol–water partition coefficient (Wildman–Crippen LogP) is 4.61. The Labute approximate surface area is 179 Å². The monoisotopic (exact) mass is 451 g/mol. The summed E-state index contributed by atoms with van der Waals surface area (Å²) in [7, 11) is 2.95. The zero-order chi connectivity index (χ0) is 21.1. The Kier molecular flexibility index (Phi) is 6.16. The molecular formula is C18H14ClN3O5S2. The van der Waals surface area contributed by atoms with E-state index in [4.69, 9.17) is 33.3 Å². The molecule has 0 aliphatic rings. The van der Waals surface area contributed by atoms with Gasteiger partial charge in [0.05, 0.1) is 30.2 Å². The number of nitrogens with zero attached hydrogens (tertiary/aromatic N) is 1. The average Bonchev–Trinajstić information content (AvgIpc) is 3.04. The second kappa shape index (κ2) is 8.60. The van der Waals surface area contributed by atoms with Crippen molar-refractivity contribution in [2.75, 3.05) is 19.5 Å². The first kappa shape index (κ1) is 20.8. The van der Waals surface area contributed by atoms with E-state index in [0.717, 1.165) is 4.70 Å². The number of carbonyl (C=O) groups excluding carboxylic acids is 1. The molecule has 3 rings (SSSR count). The van der Waals surface area contributed by atoms with E-state index in [1.165, 1.54) is 36.6 Å². The van der Waals surface area contributed by atoms with Crippen molar-refractivity contribution in [2.24, 2.45) is 0 Å². The van der Waals surface area contributed by atoms with Gasteiger partial charge in [-0.3, -0.25) is 20.2 Å². The van der Waals surface area contributed by atoms with Crippen LogP contribution in [0.5, 0.6) is 11.5 Å². The minimum atomic E-state index is -0.578. The van der Waals surface area contributed by atoms with Crippen LogP contribution in [0.15, 0.2) is 36.4 Å². The number of benzene rings is 2. The lowest BCUT2D eigenvalue weighted by atomic mass is 10.2. The topological polar surface area (TPSA) is 103 Å². The van der Waals surface area contributed by atoms with E-state index < -0.39 is 10.8 Å². The maximum absolute atomic E-state index is 12.6. The lowest BCUT2D eigenvalue weighted by Crippen LogP contribution is -2.34. The second-order valence-electron chi connectivity index (χ2n) is 5.66. The molecular weight excluding hydrogens is 438 g/mol. The summed E-state index contributed by atoms with van der Waals surface area (Å²) in [4.78, 5) is 23.6. The molecule has 0 spiro atoms. The number of ether oxygens (including phenoxy) is 2. The Balaban J connectivity index is 1.79. The number of nitrogens with one attached hydrogen (secondary N) is 2. The molecule has 0 aliphatic carbocycles. The Hall–Kier alpha value is -2.95. The van der Waals surface area contributed by atoms with Crippen LogP contribution in [0.4, 0.5) is 11.4 Å². The maximum atomic E-state index is 12.6. The summed E-state index contributed by atoms with van der Waals surface area (Å²) in [6.45, 7) is 0. The Morgan fingerprint density at radius 1 is 1.17 bits per heavy atom. The number of anilines is 1. The molecule has 0 saturated carbocycles. The average molecular weight is 452 g/mol. The maximum Gasteiger partial charge on any atom is 0.296 e. The molecule has 1 amide bonds. The first-order valence-electron chi connectivity index (χ1n) is 8.05. The number of rotatable bonds is 5. The molecule has 1 aromatic heterocycles. The number of nitro benzene ring substituents is 1. The molecule has 2 N–H and O–H groups in total. The van der Waals surface area contributed by atoms with Crippen LogP contribution in [0.3, 0.4) is 0 Å². The van der Waals surface area contributed by atoms with E-state index in [1.807, 2.05) is 0 Å². The third kappa shape index (κ3) is 4.39. The Morgan fingerprint density at radius 3 is 2.48 bits per heavy atom. The zero-order valence-corrected chi connectivity index (χ0v) is 17.5. The van der Waals surface area contributed by atoms with Gasteiger partial charge in [0.25, 0.3) is 11.6 Å². The largest absolute Gasteiger partial charge is 0.497 e. The Bertz CT molecular complexity index is 1130. The van der Waals surface area contributed by atoms with Gasteiger partial charge in [-0.1, -0.05) is 11.6 Å². The fourth-order valence-corrected chi connectivity index (χ4v) is 4.17. The van der Waals surface area contributed by atoms with Crippen LogP contribution in [-0.2, 0) is 0 Å². The summed E-state index contributed by atoms with van der Waals surface area (Å²) in [5.41, 5.74) is -0.124. The fraction of sp³-hybridized carbons (Fsp3) is 0.111. The van der Waals surface area contributed by atoms with Crippen LogP contribution in [0, 0.1) is 10.1 Å². The number of fused-ring (bicyclic) bond motifs is 1. The number of carbonyl (C=O) groups is 1. The van der Waals surface area contributed by atoms with Gasteiger partial charge >= 0.3 is 0 Å². The number of methoxy groups -OCH3 is 2. The first-order valence-corrected chi connectivity index (χ1v) is 9.65. The van der Waals surface area contributed by atoms with Crippen molar-refractivity contribution in [1.82, 2.24) is 5.32 Å². The van der Waals surface area contributed by atoms with Crippen molar-refractivity contribution in [1.29, 1.82) is 0 Å². The lowest BCUT2D eigenvalue weighted by Gasteiger charge is -2.10. The number of nitro groups is 1. The fourth-order valence-electron chi connectivity index (χ4n) is 2.53. The quantitative estimate of drug-likeness (QED) is 0.331. The predicted molar refractivity (Wildman–Crippen MR) is 117 cm³/mol. The van der Waals surface area contributed by atoms with E-state index in [2.05, 4.69) is 10.6 Å². The molecule has 0 radical (unpaired) electrons. The number of hydrogen-bond acceptors (Lipinski definition) is 7. The molecule has 0 bridgehead atoms. The normalized spacial score (nSPS) is 10.4. The van der Waals surface area contributed by atoms with Crippen molar-refractivity contribution in [2.45, 2.75) is 0 Å². The smallest absolute Gasteiger partial charge is 0.296 e. The molecule has 0 aliphatic heterocycles. The number of halogens is 1. The molecule has 0 atom stereocenters. The van der Waals surface area contributed by atoms with Crippen molar-refractivity contribution in [3.8, 4) is 11.5 Å². The first-order chi connectivity index (χ1) is 13.8. The van der Waals surface area contributed by atoms with E-state index in [-0.39, 0.29) is 21.4 Å². The van der Waals surface area contributed by atoms with Gasteiger partial charge < -0.3 is 14.8 Å². The van der Waals surface area contributed by atoms with Crippen molar-refractivity contribution in [3.05, 3.63) is 56.4 Å². The highest BCUT2D eigenvalue weighted by Crippen LogP contribution is 2.37. The number of thiophene rings is 1. The highest BCUT2D eigenvalue weighted by Gasteiger charge is 2.20. The standard InChI is InChI=1S/C18H14ClN3O5S2/c1-26-9-4-6-12(13(7-9)22(24)25)20-18(28)21-17(23)16-15(19)11-5-3-10(27-2)8-14(11)29-16/h3-8H,1-2H3,(H2,20,21,23,28). The molecule has 11 heteroatoms. The highest BCUT2D eigenvalue weighted by molar-refractivity contribution is 7.80. The third-order valence-electron chi connectivity index (χ3n) is 3.92. The van der Waals surface area contributed by atoms with E-state index in [9.17, 15) is 14.9 Å². The lowest BCUT2D eigenvalue weighted by molar-refractivity contribution is -0.384. The van der Waals surface area contributed by atoms with Crippen LogP contribution in [-0.4, -0.2) is 30.2 Å². The van der Waals surface area contributed by atoms with Gasteiger partial charge in [0.1, 0.15) is 22.1 Å². The number of amides is 1. The zero-order valence-electron chi connectivity index (χ0n) is 15.1. The summed E-state index contributed by atoms with van der Waals surface area (Å²) in [5, 5.41) is 17.3. The molecule has 0 fully saturated rings. The molecule has 0 unspecified atom stereocenters. The number of hydrogen-bond donors (Lipinski definition) is 2. The Morgan fingerprint density at radius 2 is 1.83 bits per heavy atom. The summed E-state index contributed by atoms with van der Waals surface area (Å²) in [6.07, 6.45) is 0. The van der Waals surface area contributed by atoms with Gasteiger partial charge in [-0.25, -0.2) is 0 Å². The molecule has 8 nitrogen and oxygen atoms in total. The van der Waals surface area contributed by atoms with Crippen molar-refractivity contribution >= 4 is 67.6 Å². The van der Waals surface area contributed by atoms with Gasteiger partial charge in [0.2, 0.25) is 0 Å². The highest BCUT2D eigenvalue weighted by atomic mass is 35.5. The van der Waals surface area contributed by atoms with Crippen molar-refractivity contribution in [3.63, 3.8) is 0 Å². The van der Waals surface area contributed by atoms with Gasteiger partial charge in [-0.2, -0.15) is 0 Å². The number of thiocarbonyl (C=S) groups is 1. The summed E-state index contributed by atoms with van der Waals surface area (Å²) >= 11 is 12.6. The van der Waals surface area contributed by atoms with Crippen LogP contribution in [0.1, 0.15) is 9.67 Å². The SMILES string of the molecule is COc1ccc(NC(=S)NC(=O)c2sc3cc(OC)ccc3c2Cl)c([N+](=O)[O-])c1. The third-order valence-corrected chi connectivity index (χ3v) is 5.78. The molecule has 2 aromatic carbocycles.